The Kier molecular flexibility index (Phi) is 2.17. The molecule has 0 atom stereocenters. The molecule has 0 saturated heterocycles. The minimum atomic E-state index is -0.708. The van der Waals surface area contributed by atoms with E-state index in [9.17, 15) is 4.79 Å². The van der Waals surface area contributed by atoms with Gasteiger partial charge in [-0.1, -0.05) is 12.2 Å². The largest absolute Gasteiger partial charge is 0.481 e. The fourth-order valence-electron chi connectivity index (χ4n) is 4.91. The van der Waals surface area contributed by atoms with Gasteiger partial charge in [-0.2, -0.15) is 0 Å². The summed E-state index contributed by atoms with van der Waals surface area (Å²) in [5.74, 6) is 1.91. The molecule has 0 unspecified atom stereocenters. The number of rotatable bonds is 3. The molecule has 0 aromatic heterocycles. The van der Waals surface area contributed by atoms with Gasteiger partial charge in [-0.25, -0.2) is 0 Å². The molecule has 4 bridgehead atoms. The van der Waals surface area contributed by atoms with Gasteiger partial charge in [0.05, 0.1) is 6.42 Å². The Morgan fingerprint density at radius 2 is 1.56 bits per heavy atom. The number of hydrogen-bond acceptors (Lipinski definition) is 1. The average molecular weight is 220 g/mol. The molecule has 88 valence electrons. The van der Waals surface area contributed by atoms with E-state index in [4.69, 9.17) is 5.11 Å². The summed E-state index contributed by atoms with van der Waals surface area (Å²) in [7, 11) is 0. The SMILES string of the molecule is C=C(CC(=O)O)C12CC3CC(CC(C3)C1)C2. The van der Waals surface area contributed by atoms with Crippen molar-refractivity contribution in [2.75, 3.05) is 0 Å². The molecule has 4 fully saturated rings. The maximum atomic E-state index is 10.8. The molecule has 0 spiro atoms. The quantitative estimate of drug-likeness (QED) is 0.741. The summed E-state index contributed by atoms with van der Waals surface area (Å²) < 4.78 is 0. The fraction of sp³-hybridized carbons (Fsp3) is 0.786. The number of carboxylic acids is 1. The standard InChI is InChI=1S/C14H20O2/c1-9(2-13(15)16)14-6-10-3-11(7-14)5-12(4-10)8-14/h10-12H,1-8H2,(H,15,16). The maximum absolute atomic E-state index is 10.8. The Bertz CT molecular complexity index is 307. The van der Waals surface area contributed by atoms with Gasteiger partial charge in [0.25, 0.3) is 0 Å². The van der Waals surface area contributed by atoms with Crippen LogP contribution in [0.3, 0.4) is 0 Å². The van der Waals surface area contributed by atoms with Crippen LogP contribution in [-0.4, -0.2) is 11.1 Å². The van der Waals surface area contributed by atoms with E-state index in [0.29, 0.717) is 0 Å². The third-order valence-corrected chi connectivity index (χ3v) is 5.15. The molecular weight excluding hydrogens is 200 g/mol. The van der Waals surface area contributed by atoms with Gasteiger partial charge in [-0.05, 0) is 61.7 Å². The number of carbonyl (C=O) groups is 1. The van der Waals surface area contributed by atoms with E-state index in [1.165, 1.54) is 38.5 Å². The molecular formula is C14H20O2. The molecule has 0 aromatic carbocycles. The summed E-state index contributed by atoms with van der Waals surface area (Å²) >= 11 is 0. The van der Waals surface area contributed by atoms with Gasteiger partial charge in [0.15, 0.2) is 0 Å². The lowest BCUT2D eigenvalue weighted by atomic mass is 9.47. The predicted octanol–water partition coefficient (Wildman–Crippen LogP) is 3.23. The number of aliphatic carboxylic acids is 1. The van der Waals surface area contributed by atoms with Crippen molar-refractivity contribution in [3.8, 4) is 0 Å². The van der Waals surface area contributed by atoms with Gasteiger partial charge in [-0.3, -0.25) is 4.79 Å². The number of carboxylic acid groups (broad SMARTS) is 1. The Hall–Kier alpha value is -0.790. The second-order valence-electron chi connectivity index (χ2n) is 6.37. The van der Waals surface area contributed by atoms with Crippen LogP contribution in [0.2, 0.25) is 0 Å². The van der Waals surface area contributed by atoms with Crippen LogP contribution in [0.5, 0.6) is 0 Å². The van der Waals surface area contributed by atoms with Crippen LogP contribution >= 0.6 is 0 Å². The van der Waals surface area contributed by atoms with Crippen molar-refractivity contribution in [3.05, 3.63) is 12.2 Å². The van der Waals surface area contributed by atoms with Crippen LogP contribution in [0.1, 0.15) is 44.9 Å². The highest BCUT2D eigenvalue weighted by Crippen LogP contribution is 2.62. The van der Waals surface area contributed by atoms with E-state index in [1.807, 2.05) is 0 Å². The van der Waals surface area contributed by atoms with Crippen molar-refractivity contribution >= 4 is 5.97 Å². The van der Waals surface area contributed by atoms with Crippen molar-refractivity contribution in [3.63, 3.8) is 0 Å². The summed E-state index contributed by atoms with van der Waals surface area (Å²) in [6, 6.07) is 0. The molecule has 0 radical (unpaired) electrons. The third-order valence-electron chi connectivity index (χ3n) is 5.15. The molecule has 0 aliphatic heterocycles. The van der Waals surface area contributed by atoms with Gasteiger partial charge in [-0.15, -0.1) is 0 Å². The Morgan fingerprint density at radius 1 is 1.12 bits per heavy atom. The molecule has 4 aliphatic rings. The molecule has 4 aliphatic carbocycles. The summed E-state index contributed by atoms with van der Waals surface area (Å²) in [5, 5.41) is 8.92. The molecule has 4 saturated carbocycles. The van der Waals surface area contributed by atoms with Gasteiger partial charge < -0.3 is 5.11 Å². The van der Waals surface area contributed by atoms with E-state index in [-0.39, 0.29) is 11.8 Å². The summed E-state index contributed by atoms with van der Waals surface area (Å²) in [6.45, 7) is 4.10. The van der Waals surface area contributed by atoms with Crippen LogP contribution in [0.25, 0.3) is 0 Å². The topological polar surface area (TPSA) is 37.3 Å². The lowest BCUT2D eigenvalue weighted by Crippen LogP contribution is -2.47. The molecule has 0 aromatic rings. The van der Waals surface area contributed by atoms with Crippen molar-refractivity contribution in [2.24, 2.45) is 23.2 Å². The fourth-order valence-corrected chi connectivity index (χ4v) is 4.91. The third kappa shape index (κ3) is 1.50. The van der Waals surface area contributed by atoms with Gasteiger partial charge >= 0.3 is 5.97 Å². The second-order valence-corrected chi connectivity index (χ2v) is 6.37. The van der Waals surface area contributed by atoms with E-state index in [1.54, 1.807) is 0 Å². The van der Waals surface area contributed by atoms with Crippen molar-refractivity contribution in [2.45, 2.75) is 44.9 Å². The van der Waals surface area contributed by atoms with Crippen LogP contribution < -0.4 is 0 Å². The monoisotopic (exact) mass is 220 g/mol. The highest BCUT2D eigenvalue weighted by molar-refractivity contribution is 5.70. The first-order valence-electron chi connectivity index (χ1n) is 6.47. The first-order chi connectivity index (χ1) is 7.57. The van der Waals surface area contributed by atoms with Crippen molar-refractivity contribution < 1.29 is 9.90 Å². The van der Waals surface area contributed by atoms with Gasteiger partial charge in [0, 0.05) is 0 Å². The predicted molar refractivity (Wildman–Crippen MR) is 62.0 cm³/mol. The van der Waals surface area contributed by atoms with Crippen LogP contribution in [0, 0.1) is 23.2 Å². The minimum Gasteiger partial charge on any atom is -0.481 e. The van der Waals surface area contributed by atoms with Gasteiger partial charge in [0.1, 0.15) is 0 Å². The Morgan fingerprint density at radius 3 is 1.94 bits per heavy atom. The summed E-state index contributed by atoms with van der Waals surface area (Å²) in [5.41, 5.74) is 1.23. The molecule has 16 heavy (non-hydrogen) atoms. The Balaban J connectivity index is 1.83. The molecule has 4 rings (SSSR count). The van der Waals surface area contributed by atoms with Crippen LogP contribution in [0.4, 0.5) is 0 Å². The number of hydrogen-bond donors (Lipinski definition) is 1. The maximum Gasteiger partial charge on any atom is 0.307 e. The van der Waals surface area contributed by atoms with Gasteiger partial charge in [0.2, 0.25) is 0 Å². The van der Waals surface area contributed by atoms with E-state index < -0.39 is 5.97 Å². The molecule has 2 nitrogen and oxygen atoms in total. The van der Waals surface area contributed by atoms with Crippen LogP contribution in [0.15, 0.2) is 12.2 Å². The normalized spacial score (nSPS) is 44.6. The molecule has 2 heteroatoms. The van der Waals surface area contributed by atoms with E-state index in [0.717, 1.165) is 23.3 Å². The highest BCUT2D eigenvalue weighted by Gasteiger charge is 2.51. The highest BCUT2D eigenvalue weighted by atomic mass is 16.4. The minimum absolute atomic E-state index is 0.187. The molecule has 1 N–H and O–H groups in total. The van der Waals surface area contributed by atoms with E-state index >= 15 is 0 Å². The van der Waals surface area contributed by atoms with E-state index in [2.05, 4.69) is 6.58 Å². The molecule has 0 heterocycles. The zero-order chi connectivity index (χ0) is 11.3. The summed E-state index contributed by atoms with van der Waals surface area (Å²) in [6.07, 6.45) is 8.08. The summed E-state index contributed by atoms with van der Waals surface area (Å²) in [4.78, 5) is 10.8. The lowest BCUT2D eigenvalue weighted by Gasteiger charge is -2.57. The zero-order valence-corrected chi connectivity index (χ0v) is 9.74. The Labute approximate surface area is 96.7 Å². The smallest absolute Gasteiger partial charge is 0.307 e. The van der Waals surface area contributed by atoms with Crippen molar-refractivity contribution in [1.29, 1.82) is 0 Å². The van der Waals surface area contributed by atoms with Crippen molar-refractivity contribution in [1.82, 2.24) is 0 Å². The first kappa shape index (κ1) is 10.4. The average Bonchev–Trinajstić information content (AvgIpc) is 2.13. The molecule has 0 amide bonds. The lowest BCUT2D eigenvalue weighted by molar-refractivity contribution is -0.137. The van der Waals surface area contributed by atoms with Crippen LogP contribution in [-0.2, 0) is 4.79 Å². The second kappa shape index (κ2) is 3.35. The zero-order valence-electron chi connectivity index (χ0n) is 9.74. The first-order valence-corrected chi connectivity index (χ1v) is 6.47.